The van der Waals surface area contributed by atoms with Crippen molar-refractivity contribution >= 4 is 35.1 Å². The van der Waals surface area contributed by atoms with Gasteiger partial charge >= 0.3 is 0 Å². The molecule has 0 fully saturated rings. The number of hydrogen-bond acceptors (Lipinski definition) is 2. The van der Waals surface area contributed by atoms with Crippen LogP contribution < -0.4 is 5.32 Å². The van der Waals surface area contributed by atoms with Crippen molar-refractivity contribution in [3.8, 4) is 0 Å². The van der Waals surface area contributed by atoms with Crippen LogP contribution in [0.4, 0.5) is 4.39 Å². The molecule has 28 heavy (non-hydrogen) atoms. The lowest BCUT2D eigenvalue weighted by atomic mass is 9.90. The van der Waals surface area contributed by atoms with Crippen molar-refractivity contribution in [3.05, 3.63) is 82.6 Å². The van der Waals surface area contributed by atoms with E-state index in [0.717, 1.165) is 5.56 Å². The smallest absolute Gasteiger partial charge is 0.258 e. The summed E-state index contributed by atoms with van der Waals surface area (Å²) in [6, 6.07) is 12.4. The van der Waals surface area contributed by atoms with E-state index < -0.39 is 17.6 Å². The number of carbonyl (C=O) groups excluding carboxylic acids is 2. The second kappa shape index (κ2) is 9.47. The van der Waals surface area contributed by atoms with E-state index >= 15 is 0 Å². The van der Waals surface area contributed by atoms with E-state index in [1.54, 1.807) is 30.3 Å². The Hall–Kier alpha value is -2.72. The van der Waals surface area contributed by atoms with E-state index in [-0.39, 0.29) is 17.4 Å². The van der Waals surface area contributed by atoms with Crippen molar-refractivity contribution in [2.75, 3.05) is 0 Å². The topological polar surface area (TPSA) is 46.2 Å². The maximum absolute atomic E-state index is 13.3. The first-order chi connectivity index (χ1) is 13.2. The van der Waals surface area contributed by atoms with Crippen molar-refractivity contribution in [1.29, 1.82) is 0 Å². The fraction of sp³-hybridized carbons (Fsp3) is 0.217. The minimum Gasteiger partial charge on any atom is -0.288 e. The Morgan fingerprint density at radius 3 is 2.11 bits per heavy atom. The van der Waals surface area contributed by atoms with Crippen LogP contribution in [0.5, 0.6) is 0 Å². The largest absolute Gasteiger partial charge is 0.288 e. The molecule has 146 valence electrons. The summed E-state index contributed by atoms with van der Waals surface area (Å²) >= 11 is 5.91. The number of carbonyl (C=O) groups is 2. The van der Waals surface area contributed by atoms with E-state index in [0.29, 0.717) is 16.2 Å². The highest BCUT2D eigenvalue weighted by Crippen LogP contribution is 2.22. The Bertz CT molecular complexity index is 899. The molecule has 2 rings (SSSR count). The van der Waals surface area contributed by atoms with Gasteiger partial charge in [0, 0.05) is 16.2 Å². The van der Waals surface area contributed by atoms with Crippen molar-refractivity contribution < 1.29 is 14.0 Å². The molecule has 0 radical (unpaired) electrons. The van der Waals surface area contributed by atoms with Gasteiger partial charge in [0.15, 0.2) is 0 Å². The van der Waals surface area contributed by atoms with Gasteiger partial charge in [0.2, 0.25) is 0 Å². The van der Waals surface area contributed by atoms with Crippen LogP contribution in [-0.4, -0.2) is 11.8 Å². The molecule has 5 heteroatoms. The molecule has 0 aliphatic carbocycles. The molecule has 0 spiro atoms. The highest BCUT2D eigenvalue weighted by Gasteiger charge is 2.21. The molecule has 0 aromatic heterocycles. The average molecular weight is 400 g/mol. The zero-order chi connectivity index (χ0) is 20.8. The van der Waals surface area contributed by atoms with Gasteiger partial charge in [-0.1, -0.05) is 63.2 Å². The molecule has 1 atom stereocenters. The van der Waals surface area contributed by atoms with E-state index in [2.05, 4.69) is 11.9 Å². The molecule has 0 aliphatic heterocycles. The molecule has 2 amide bonds. The fourth-order valence-electron chi connectivity index (χ4n) is 2.49. The third kappa shape index (κ3) is 5.64. The van der Waals surface area contributed by atoms with Gasteiger partial charge in [-0.2, -0.15) is 0 Å². The number of hydrogen-bond donors (Lipinski definition) is 1. The quantitative estimate of drug-likeness (QED) is 0.514. The Balaban J connectivity index is 2.34. The second-order valence-corrected chi connectivity index (χ2v) is 7.39. The highest BCUT2D eigenvalue weighted by atomic mass is 35.5. The van der Waals surface area contributed by atoms with Crippen LogP contribution in [-0.2, 0) is 9.59 Å². The predicted molar refractivity (Wildman–Crippen MR) is 112 cm³/mol. The number of benzene rings is 2. The summed E-state index contributed by atoms with van der Waals surface area (Å²) in [7, 11) is 0. The monoisotopic (exact) mass is 399 g/mol. The number of imide groups is 1. The molecule has 0 heterocycles. The van der Waals surface area contributed by atoms with Gasteiger partial charge in [-0.3, -0.25) is 14.9 Å². The van der Waals surface area contributed by atoms with Crippen molar-refractivity contribution in [3.63, 3.8) is 0 Å². The standard InChI is InChI=1S/C23H23ClFNO2/c1-14(2)15(3)16(4)22(27)26-23(28)21(18-7-11-20(25)12-8-18)13-17-5-9-19(24)10-6-17/h5-15H,4H2,1-3H3,(H,26,27,28)/b21-13+. The number of amides is 2. The van der Waals surface area contributed by atoms with E-state index in [1.165, 1.54) is 24.3 Å². The van der Waals surface area contributed by atoms with Crippen molar-refractivity contribution in [1.82, 2.24) is 5.32 Å². The summed E-state index contributed by atoms with van der Waals surface area (Å²) in [4.78, 5) is 25.3. The van der Waals surface area contributed by atoms with Crippen LogP contribution in [0.1, 0.15) is 31.9 Å². The zero-order valence-corrected chi connectivity index (χ0v) is 16.9. The Kier molecular flexibility index (Phi) is 7.30. The number of rotatable bonds is 6. The van der Waals surface area contributed by atoms with Crippen LogP contribution in [0, 0.1) is 17.7 Å². The molecule has 2 aromatic carbocycles. The van der Waals surface area contributed by atoms with Gasteiger partial charge in [-0.05, 0) is 53.3 Å². The fourth-order valence-corrected chi connectivity index (χ4v) is 2.62. The predicted octanol–water partition coefficient (Wildman–Crippen LogP) is 5.51. The molecule has 0 aliphatic rings. The van der Waals surface area contributed by atoms with Crippen LogP contribution in [0.2, 0.25) is 5.02 Å². The number of nitrogens with one attached hydrogen (secondary N) is 1. The highest BCUT2D eigenvalue weighted by molar-refractivity contribution is 6.31. The summed E-state index contributed by atoms with van der Waals surface area (Å²) < 4.78 is 13.3. The van der Waals surface area contributed by atoms with Crippen LogP contribution in [0.3, 0.4) is 0 Å². The second-order valence-electron chi connectivity index (χ2n) is 6.96. The zero-order valence-electron chi connectivity index (χ0n) is 16.1. The molecule has 0 saturated heterocycles. The van der Waals surface area contributed by atoms with Gasteiger partial charge < -0.3 is 0 Å². The maximum atomic E-state index is 13.3. The van der Waals surface area contributed by atoms with Crippen LogP contribution in [0.15, 0.2) is 60.7 Å². The average Bonchev–Trinajstić information content (AvgIpc) is 2.66. The first-order valence-corrected chi connectivity index (χ1v) is 9.34. The van der Waals surface area contributed by atoms with Crippen LogP contribution >= 0.6 is 11.6 Å². The van der Waals surface area contributed by atoms with E-state index in [4.69, 9.17) is 11.6 Å². The van der Waals surface area contributed by atoms with Gasteiger partial charge in [-0.15, -0.1) is 0 Å². The Labute approximate surface area is 169 Å². The number of halogens is 2. The van der Waals surface area contributed by atoms with Crippen LogP contribution in [0.25, 0.3) is 11.6 Å². The van der Waals surface area contributed by atoms with Crippen molar-refractivity contribution in [2.24, 2.45) is 11.8 Å². The Morgan fingerprint density at radius 1 is 1.00 bits per heavy atom. The molecule has 1 unspecified atom stereocenters. The summed E-state index contributed by atoms with van der Waals surface area (Å²) in [5.41, 5.74) is 1.79. The summed E-state index contributed by atoms with van der Waals surface area (Å²) in [6.07, 6.45) is 1.63. The normalized spacial score (nSPS) is 12.6. The molecule has 2 aromatic rings. The molecular formula is C23H23ClFNO2. The van der Waals surface area contributed by atoms with Gasteiger partial charge in [-0.25, -0.2) is 4.39 Å². The van der Waals surface area contributed by atoms with Gasteiger partial charge in [0.05, 0.1) is 0 Å². The molecule has 3 nitrogen and oxygen atoms in total. The minimum atomic E-state index is -0.580. The summed E-state index contributed by atoms with van der Waals surface area (Å²) in [5.74, 6) is -1.36. The lowest BCUT2D eigenvalue weighted by Crippen LogP contribution is -2.34. The lowest BCUT2D eigenvalue weighted by Gasteiger charge is -2.18. The summed E-state index contributed by atoms with van der Waals surface area (Å²) in [6.45, 7) is 9.67. The van der Waals surface area contributed by atoms with E-state index in [9.17, 15) is 14.0 Å². The SMILES string of the molecule is C=C(C(=O)NC(=O)/C(=C/c1ccc(Cl)cc1)c1ccc(F)cc1)C(C)C(C)C. The third-order valence-electron chi connectivity index (χ3n) is 4.65. The first kappa shape index (κ1) is 21.6. The van der Waals surface area contributed by atoms with Crippen molar-refractivity contribution in [2.45, 2.75) is 20.8 Å². The minimum absolute atomic E-state index is 0.0673. The maximum Gasteiger partial charge on any atom is 0.258 e. The van der Waals surface area contributed by atoms with Gasteiger partial charge in [0.1, 0.15) is 5.82 Å². The summed E-state index contributed by atoms with van der Waals surface area (Å²) in [5, 5.41) is 2.96. The first-order valence-electron chi connectivity index (χ1n) is 8.96. The Morgan fingerprint density at radius 2 is 1.57 bits per heavy atom. The van der Waals surface area contributed by atoms with E-state index in [1.807, 2.05) is 20.8 Å². The lowest BCUT2D eigenvalue weighted by molar-refractivity contribution is -0.125. The molecule has 0 saturated carbocycles. The molecular weight excluding hydrogens is 377 g/mol. The third-order valence-corrected chi connectivity index (χ3v) is 4.90. The molecule has 0 bridgehead atoms. The van der Waals surface area contributed by atoms with Gasteiger partial charge in [0.25, 0.3) is 11.8 Å². The molecule has 1 N–H and O–H groups in total.